The highest BCUT2D eigenvalue weighted by Gasteiger charge is 2.10. The van der Waals surface area contributed by atoms with Crippen LogP contribution in [0.5, 0.6) is 11.5 Å². The Morgan fingerprint density at radius 2 is 1.59 bits per heavy atom. The molecule has 1 rings (SSSR count). The third-order valence-corrected chi connectivity index (χ3v) is 2.08. The lowest BCUT2D eigenvalue weighted by Crippen LogP contribution is -2.20. The molecule has 0 aliphatic rings. The van der Waals surface area contributed by atoms with Gasteiger partial charge in [-0.2, -0.15) is 0 Å². The van der Waals surface area contributed by atoms with Gasteiger partial charge in [-0.15, -0.1) is 0 Å². The van der Waals surface area contributed by atoms with Gasteiger partial charge in [0.15, 0.2) is 0 Å². The molecule has 17 heavy (non-hydrogen) atoms. The number of rotatable bonds is 8. The monoisotopic (exact) mass is 240 g/mol. The van der Waals surface area contributed by atoms with Crippen molar-refractivity contribution in [3.05, 3.63) is 24.3 Å². The Morgan fingerprint density at radius 3 is 2.18 bits per heavy atom. The summed E-state index contributed by atoms with van der Waals surface area (Å²) in [6.07, 6.45) is 1.90. The maximum Gasteiger partial charge on any atom is 0.707 e. The first kappa shape index (κ1) is 13.8. The highest BCUT2D eigenvalue weighted by atomic mass is 16.6. The smallest absolute Gasteiger partial charge is 0.512 e. The van der Waals surface area contributed by atoms with Crippen molar-refractivity contribution < 1.29 is 24.2 Å². The highest BCUT2D eigenvalue weighted by Crippen LogP contribution is 2.17. The Balaban J connectivity index is 2.25. The second-order valence-electron chi connectivity index (χ2n) is 3.46. The molecule has 0 atom stereocenters. The molecule has 0 saturated carbocycles. The molecule has 0 fully saturated rings. The van der Waals surface area contributed by atoms with Gasteiger partial charge in [0.25, 0.3) is 0 Å². The first-order valence-electron chi connectivity index (χ1n) is 5.47. The van der Waals surface area contributed by atoms with E-state index in [1.165, 1.54) is 0 Å². The van der Waals surface area contributed by atoms with Crippen LogP contribution in [0.15, 0.2) is 24.3 Å². The van der Waals surface area contributed by atoms with E-state index in [9.17, 15) is 0 Å². The fourth-order valence-electron chi connectivity index (χ4n) is 1.27. The highest BCUT2D eigenvalue weighted by molar-refractivity contribution is 6.33. The van der Waals surface area contributed by atoms with E-state index in [-0.39, 0.29) is 0 Å². The molecule has 6 heteroatoms. The minimum Gasteiger partial charge on any atom is -0.512 e. The van der Waals surface area contributed by atoms with Gasteiger partial charge in [-0.25, -0.2) is 0 Å². The minimum atomic E-state index is -1.80. The van der Waals surface area contributed by atoms with Crippen molar-refractivity contribution in [2.24, 2.45) is 0 Å². The zero-order valence-electron chi connectivity index (χ0n) is 9.83. The van der Waals surface area contributed by atoms with Crippen molar-refractivity contribution in [2.75, 3.05) is 20.3 Å². The van der Waals surface area contributed by atoms with Crippen LogP contribution in [0, 0.1) is 0 Å². The van der Waals surface area contributed by atoms with Crippen molar-refractivity contribution in [2.45, 2.75) is 12.8 Å². The standard InChI is InChI=1S/C11H17BO5/c1-15-8-2-3-9-16-10-4-6-11(7-5-10)17-12(13)14/h4-7,13-14H,2-3,8-9H2,1H3. The normalized spacial score (nSPS) is 10.1. The molecule has 94 valence electrons. The summed E-state index contributed by atoms with van der Waals surface area (Å²) in [6.45, 7) is 1.37. The van der Waals surface area contributed by atoms with Crippen LogP contribution >= 0.6 is 0 Å². The van der Waals surface area contributed by atoms with E-state index in [1.54, 1.807) is 31.4 Å². The molecule has 1 aromatic carbocycles. The molecule has 1 aromatic rings. The molecule has 0 bridgehead atoms. The minimum absolute atomic E-state index is 0.381. The lowest BCUT2D eigenvalue weighted by molar-refractivity contribution is 0.184. The Kier molecular flexibility index (Phi) is 6.46. The van der Waals surface area contributed by atoms with Crippen LogP contribution in [0.4, 0.5) is 0 Å². The number of benzene rings is 1. The maximum atomic E-state index is 8.59. The molecule has 0 amide bonds. The number of methoxy groups -OCH3 is 1. The molecule has 0 aromatic heterocycles. The van der Waals surface area contributed by atoms with Crippen molar-refractivity contribution in [1.29, 1.82) is 0 Å². The molecular formula is C11H17BO5. The van der Waals surface area contributed by atoms with Gasteiger partial charge < -0.3 is 24.2 Å². The summed E-state index contributed by atoms with van der Waals surface area (Å²) >= 11 is 0. The molecule has 0 spiro atoms. The Morgan fingerprint density at radius 1 is 1.00 bits per heavy atom. The summed E-state index contributed by atoms with van der Waals surface area (Å²) in [4.78, 5) is 0. The first-order valence-corrected chi connectivity index (χ1v) is 5.47. The van der Waals surface area contributed by atoms with E-state index in [1.807, 2.05) is 0 Å². The molecular weight excluding hydrogens is 223 g/mol. The van der Waals surface area contributed by atoms with Crippen LogP contribution in [-0.4, -0.2) is 37.7 Å². The summed E-state index contributed by atoms with van der Waals surface area (Å²) in [6, 6.07) is 6.66. The SMILES string of the molecule is COCCCCOc1ccc(OB(O)O)cc1. The fraction of sp³-hybridized carbons (Fsp3) is 0.455. The van der Waals surface area contributed by atoms with Gasteiger partial charge in [-0.05, 0) is 37.1 Å². The lowest BCUT2D eigenvalue weighted by Gasteiger charge is -2.08. The van der Waals surface area contributed by atoms with Crippen LogP contribution in [0.3, 0.4) is 0 Å². The van der Waals surface area contributed by atoms with Crippen LogP contribution in [0.1, 0.15) is 12.8 Å². The van der Waals surface area contributed by atoms with E-state index in [0.717, 1.165) is 25.2 Å². The average Bonchev–Trinajstić information content (AvgIpc) is 2.30. The van der Waals surface area contributed by atoms with Gasteiger partial charge in [0.1, 0.15) is 11.5 Å². The first-order chi connectivity index (χ1) is 8.22. The van der Waals surface area contributed by atoms with E-state index in [4.69, 9.17) is 19.5 Å². The van der Waals surface area contributed by atoms with E-state index >= 15 is 0 Å². The van der Waals surface area contributed by atoms with Gasteiger partial charge in [0.05, 0.1) is 6.61 Å². The Hall–Kier alpha value is -1.24. The molecule has 0 aliphatic heterocycles. The third-order valence-electron chi connectivity index (χ3n) is 2.08. The number of unbranched alkanes of at least 4 members (excludes halogenated alkanes) is 1. The molecule has 2 N–H and O–H groups in total. The summed E-state index contributed by atoms with van der Waals surface area (Å²) in [5.41, 5.74) is 0. The summed E-state index contributed by atoms with van der Waals surface area (Å²) < 4.78 is 15.1. The van der Waals surface area contributed by atoms with E-state index in [2.05, 4.69) is 4.65 Å². The number of hydrogen-bond donors (Lipinski definition) is 2. The van der Waals surface area contributed by atoms with Crippen molar-refractivity contribution in [3.8, 4) is 11.5 Å². The number of ether oxygens (including phenoxy) is 2. The molecule has 5 nitrogen and oxygen atoms in total. The summed E-state index contributed by atoms with van der Waals surface area (Å²) in [5.74, 6) is 1.11. The van der Waals surface area contributed by atoms with E-state index in [0.29, 0.717) is 12.4 Å². The second-order valence-corrected chi connectivity index (χ2v) is 3.46. The van der Waals surface area contributed by atoms with E-state index < -0.39 is 7.32 Å². The summed E-state index contributed by atoms with van der Waals surface area (Å²) in [7, 11) is -0.120. The van der Waals surface area contributed by atoms with Gasteiger partial charge in [-0.3, -0.25) is 0 Å². The largest absolute Gasteiger partial charge is 0.707 e. The quantitative estimate of drug-likeness (QED) is 0.520. The molecule has 0 saturated heterocycles. The fourth-order valence-corrected chi connectivity index (χ4v) is 1.27. The molecule has 0 heterocycles. The van der Waals surface area contributed by atoms with Crippen molar-refractivity contribution in [1.82, 2.24) is 0 Å². The third kappa shape index (κ3) is 6.16. The Bertz CT molecular complexity index is 301. The van der Waals surface area contributed by atoms with Crippen molar-refractivity contribution in [3.63, 3.8) is 0 Å². The zero-order valence-corrected chi connectivity index (χ0v) is 9.83. The zero-order chi connectivity index (χ0) is 12.5. The molecule has 0 unspecified atom stereocenters. The topological polar surface area (TPSA) is 68.2 Å². The Labute approximate surface area is 101 Å². The molecule has 0 radical (unpaired) electrons. The lowest BCUT2D eigenvalue weighted by atomic mass is 10.2. The van der Waals surface area contributed by atoms with Gasteiger partial charge in [0.2, 0.25) is 0 Å². The van der Waals surface area contributed by atoms with Crippen LogP contribution in [-0.2, 0) is 4.74 Å². The number of hydrogen-bond acceptors (Lipinski definition) is 5. The predicted molar refractivity (Wildman–Crippen MR) is 63.9 cm³/mol. The van der Waals surface area contributed by atoms with Crippen LogP contribution in [0.2, 0.25) is 0 Å². The van der Waals surface area contributed by atoms with Crippen molar-refractivity contribution >= 4 is 7.32 Å². The van der Waals surface area contributed by atoms with Gasteiger partial charge in [0, 0.05) is 13.7 Å². The summed E-state index contributed by atoms with van der Waals surface area (Å²) in [5, 5.41) is 17.2. The molecule has 0 aliphatic carbocycles. The second kappa shape index (κ2) is 7.94. The van der Waals surface area contributed by atoms with Gasteiger partial charge >= 0.3 is 7.32 Å². The average molecular weight is 240 g/mol. The van der Waals surface area contributed by atoms with Crippen LogP contribution < -0.4 is 9.39 Å². The van der Waals surface area contributed by atoms with Crippen LogP contribution in [0.25, 0.3) is 0 Å². The predicted octanol–water partition coefficient (Wildman–Crippen LogP) is 0.840. The van der Waals surface area contributed by atoms with Gasteiger partial charge in [-0.1, -0.05) is 0 Å². The maximum absolute atomic E-state index is 8.59.